The van der Waals surface area contributed by atoms with E-state index >= 15 is 0 Å². The Morgan fingerprint density at radius 3 is 2.45 bits per heavy atom. The maximum absolute atomic E-state index is 12.3. The number of benzene rings is 1. The minimum Gasteiger partial charge on any atom is -0.508 e. The predicted octanol–water partition coefficient (Wildman–Crippen LogP) is 1.07. The lowest BCUT2D eigenvalue weighted by Gasteiger charge is -2.52. The normalized spacial score (nSPS) is 31.4. The summed E-state index contributed by atoms with van der Waals surface area (Å²) in [5, 5.41) is 15.6. The first-order valence-electron chi connectivity index (χ1n) is 7.25. The summed E-state index contributed by atoms with van der Waals surface area (Å²) < 4.78 is 0. The molecule has 118 valence electrons. The highest BCUT2D eigenvalue weighted by Crippen LogP contribution is 2.38. The molecule has 0 aliphatic carbocycles. The van der Waals surface area contributed by atoms with Crippen LogP contribution in [0.15, 0.2) is 24.3 Å². The van der Waals surface area contributed by atoms with Gasteiger partial charge >= 0.3 is 12.1 Å². The topological polar surface area (TPSA) is 84.9 Å². The number of phenolic OH excluding ortho intramolecular Hbond substituents is 1. The van der Waals surface area contributed by atoms with Gasteiger partial charge in [0.15, 0.2) is 0 Å². The highest BCUT2D eigenvalue weighted by molar-refractivity contribution is 5.80. The molecule has 0 bridgehead atoms. The predicted molar refractivity (Wildman–Crippen MR) is 80.2 cm³/mol. The van der Waals surface area contributed by atoms with Crippen LogP contribution in [0.3, 0.4) is 0 Å². The van der Waals surface area contributed by atoms with Gasteiger partial charge < -0.3 is 25.5 Å². The Kier molecular flexibility index (Phi) is 3.35. The molecule has 0 unspecified atom stereocenters. The number of aromatic hydroxyl groups is 1. The van der Waals surface area contributed by atoms with Gasteiger partial charge in [0.2, 0.25) is 0 Å². The van der Waals surface area contributed by atoms with Crippen LogP contribution in [-0.4, -0.2) is 53.3 Å². The second kappa shape index (κ2) is 5.08. The first-order valence-corrected chi connectivity index (χ1v) is 7.25. The van der Waals surface area contributed by atoms with Crippen molar-refractivity contribution < 1.29 is 14.7 Å². The summed E-state index contributed by atoms with van der Waals surface area (Å²) in [6.07, 6.45) is -0.375. The Labute approximate surface area is 128 Å². The van der Waals surface area contributed by atoms with Gasteiger partial charge in [-0.25, -0.2) is 9.59 Å². The van der Waals surface area contributed by atoms with E-state index in [1.165, 1.54) is 4.90 Å². The van der Waals surface area contributed by atoms with Crippen molar-refractivity contribution in [2.24, 2.45) is 5.92 Å². The van der Waals surface area contributed by atoms with E-state index in [9.17, 15) is 14.7 Å². The molecule has 3 rings (SSSR count). The summed E-state index contributed by atoms with van der Waals surface area (Å²) >= 11 is 0. The van der Waals surface area contributed by atoms with Crippen molar-refractivity contribution in [1.29, 1.82) is 0 Å². The van der Waals surface area contributed by atoms with E-state index in [-0.39, 0.29) is 42.0 Å². The van der Waals surface area contributed by atoms with Crippen molar-refractivity contribution in [3.05, 3.63) is 29.8 Å². The van der Waals surface area contributed by atoms with Crippen LogP contribution in [0.25, 0.3) is 0 Å². The molecule has 0 spiro atoms. The molecule has 2 heterocycles. The number of phenols is 1. The Morgan fingerprint density at radius 1 is 1.09 bits per heavy atom. The van der Waals surface area contributed by atoms with E-state index in [0.717, 1.165) is 5.56 Å². The Balaban J connectivity index is 2.05. The van der Waals surface area contributed by atoms with Crippen molar-refractivity contribution in [2.45, 2.75) is 25.2 Å². The molecule has 7 heteroatoms. The molecule has 2 aliphatic heterocycles. The van der Waals surface area contributed by atoms with E-state index in [4.69, 9.17) is 0 Å². The maximum atomic E-state index is 12.3. The van der Waals surface area contributed by atoms with Crippen molar-refractivity contribution in [3.8, 4) is 5.75 Å². The van der Waals surface area contributed by atoms with E-state index in [2.05, 4.69) is 10.6 Å². The van der Waals surface area contributed by atoms with Crippen LogP contribution in [0, 0.1) is 5.92 Å². The third-order valence-corrected chi connectivity index (χ3v) is 4.62. The summed E-state index contributed by atoms with van der Waals surface area (Å²) in [4.78, 5) is 27.4. The van der Waals surface area contributed by atoms with Gasteiger partial charge in [-0.15, -0.1) is 0 Å². The van der Waals surface area contributed by atoms with Crippen molar-refractivity contribution in [1.82, 2.24) is 20.4 Å². The molecule has 1 aromatic rings. The molecule has 2 fully saturated rings. The first-order chi connectivity index (χ1) is 10.4. The summed E-state index contributed by atoms with van der Waals surface area (Å²) in [5.41, 5.74) is 0.851. The summed E-state index contributed by atoms with van der Waals surface area (Å²) in [7, 11) is 3.40. The molecule has 4 atom stereocenters. The Bertz CT molecular complexity index is 621. The third kappa shape index (κ3) is 2.13. The third-order valence-electron chi connectivity index (χ3n) is 4.62. The van der Waals surface area contributed by atoms with Gasteiger partial charge in [0.1, 0.15) is 11.9 Å². The van der Waals surface area contributed by atoms with Gasteiger partial charge in [-0.05, 0) is 24.6 Å². The zero-order chi connectivity index (χ0) is 16.0. The van der Waals surface area contributed by atoms with Crippen LogP contribution in [0.5, 0.6) is 5.75 Å². The fraction of sp³-hybridized carbons (Fsp3) is 0.467. The number of rotatable bonds is 1. The SMILES string of the molecule is C[C@@H]1NC(=O)N(C)[C@@H]2NC(=O)N(C)[C@@H](c3cccc(O)c3)[C@H]12. The van der Waals surface area contributed by atoms with Gasteiger partial charge in [-0.1, -0.05) is 12.1 Å². The molecule has 3 N–H and O–H groups in total. The number of urea groups is 2. The fourth-order valence-electron chi connectivity index (χ4n) is 3.46. The molecular weight excluding hydrogens is 284 g/mol. The Hall–Kier alpha value is -2.44. The lowest BCUT2D eigenvalue weighted by atomic mass is 9.81. The summed E-state index contributed by atoms with van der Waals surface area (Å²) in [6, 6.07) is 6.14. The Morgan fingerprint density at radius 2 is 1.77 bits per heavy atom. The number of carbonyl (C=O) groups is 2. The summed E-state index contributed by atoms with van der Waals surface area (Å²) in [5.74, 6) is 0.126. The van der Waals surface area contributed by atoms with Crippen LogP contribution < -0.4 is 10.6 Å². The number of nitrogens with one attached hydrogen (secondary N) is 2. The van der Waals surface area contributed by atoms with Crippen LogP contribution >= 0.6 is 0 Å². The van der Waals surface area contributed by atoms with E-state index in [1.807, 2.05) is 13.0 Å². The molecule has 0 saturated carbocycles. The average molecular weight is 304 g/mol. The molecular formula is C15H20N4O3. The molecule has 22 heavy (non-hydrogen) atoms. The zero-order valence-corrected chi connectivity index (χ0v) is 12.8. The number of fused-ring (bicyclic) bond motifs is 1. The fourth-order valence-corrected chi connectivity index (χ4v) is 3.46. The van der Waals surface area contributed by atoms with E-state index in [0.29, 0.717) is 0 Å². The van der Waals surface area contributed by atoms with Gasteiger partial charge in [-0.2, -0.15) is 0 Å². The van der Waals surface area contributed by atoms with Crippen LogP contribution in [0.2, 0.25) is 0 Å². The minimum atomic E-state index is -0.375. The molecule has 0 radical (unpaired) electrons. The van der Waals surface area contributed by atoms with Crippen molar-refractivity contribution in [2.75, 3.05) is 14.1 Å². The average Bonchev–Trinajstić information content (AvgIpc) is 2.47. The number of amides is 4. The lowest BCUT2D eigenvalue weighted by Crippen LogP contribution is -2.71. The molecule has 2 aliphatic rings. The number of nitrogens with zero attached hydrogens (tertiary/aromatic N) is 2. The largest absolute Gasteiger partial charge is 0.508 e. The minimum absolute atomic E-state index is 0.0350. The standard InChI is InChI=1S/C15H20N4O3/c1-8-11-12(9-5-4-6-10(20)7-9)18(2)15(22)17-13(11)19(3)14(21)16-8/h4-8,11-13,20H,1-3H3,(H,16,21)(H,17,22)/t8-,11-,12-,13-/m0/s1. The van der Waals surface area contributed by atoms with Crippen molar-refractivity contribution >= 4 is 12.1 Å². The molecule has 7 nitrogen and oxygen atoms in total. The quantitative estimate of drug-likeness (QED) is 0.725. The lowest BCUT2D eigenvalue weighted by molar-refractivity contribution is 0.0247. The van der Waals surface area contributed by atoms with Gasteiger partial charge in [0.05, 0.1) is 6.04 Å². The highest BCUT2D eigenvalue weighted by atomic mass is 16.3. The van der Waals surface area contributed by atoms with Gasteiger partial charge in [0, 0.05) is 26.1 Å². The monoisotopic (exact) mass is 304 g/mol. The maximum Gasteiger partial charge on any atom is 0.319 e. The zero-order valence-electron chi connectivity index (χ0n) is 12.8. The van der Waals surface area contributed by atoms with Crippen molar-refractivity contribution in [3.63, 3.8) is 0 Å². The van der Waals surface area contributed by atoms with Gasteiger partial charge in [0.25, 0.3) is 0 Å². The highest BCUT2D eigenvalue weighted by Gasteiger charge is 2.49. The molecule has 4 amide bonds. The molecule has 2 saturated heterocycles. The number of hydrogen-bond acceptors (Lipinski definition) is 3. The number of hydrogen-bond donors (Lipinski definition) is 3. The van der Waals surface area contributed by atoms with E-state index < -0.39 is 0 Å². The molecule has 0 aromatic heterocycles. The van der Waals surface area contributed by atoms with E-state index in [1.54, 1.807) is 37.2 Å². The smallest absolute Gasteiger partial charge is 0.319 e. The second-order valence-electron chi connectivity index (χ2n) is 5.97. The molecule has 1 aromatic carbocycles. The van der Waals surface area contributed by atoms with Crippen LogP contribution in [0.1, 0.15) is 18.5 Å². The summed E-state index contributed by atoms with van der Waals surface area (Å²) in [6.45, 7) is 1.93. The first kappa shape index (κ1) is 14.5. The number of carbonyl (C=O) groups excluding carboxylic acids is 2. The van der Waals surface area contributed by atoms with Crippen LogP contribution in [0.4, 0.5) is 9.59 Å². The second-order valence-corrected chi connectivity index (χ2v) is 5.97. The van der Waals surface area contributed by atoms with Gasteiger partial charge in [-0.3, -0.25) is 0 Å². The van der Waals surface area contributed by atoms with Crippen LogP contribution in [-0.2, 0) is 0 Å².